The Labute approximate surface area is 117 Å². The van der Waals surface area contributed by atoms with Crippen LogP contribution in [0, 0.1) is 0 Å². The fraction of sp³-hybridized carbons (Fsp3) is 1.00. The van der Waals surface area contributed by atoms with Crippen molar-refractivity contribution in [3.8, 4) is 0 Å². The molecule has 1 heterocycles. The molecule has 1 saturated heterocycles. The predicted octanol–water partition coefficient (Wildman–Crippen LogP) is 0.184. The van der Waals surface area contributed by atoms with Crippen molar-refractivity contribution in [3.05, 3.63) is 0 Å². The second-order valence-electron chi connectivity index (χ2n) is 4.10. The molecule has 5 nitrogen and oxygen atoms in total. The minimum Gasteiger partial charge on any atom is -0.314 e. The van der Waals surface area contributed by atoms with Crippen LogP contribution in [0.15, 0.2) is 0 Å². The first-order chi connectivity index (χ1) is 8.26. The maximum absolute atomic E-state index is 12.9. The highest BCUT2D eigenvalue weighted by atomic mass is 35.5. The van der Waals surface area contributed by atoms with Crippen LogP contribution in [0.25, 0.3) is 0 Å². The summed E-state index contributed by atoms with van der Waals surface area (Å²) in [5, 5.41) is 2.96. The normalized spacial score (nSPS) is 19.8. The van der Waals surface area contributed by atoms with Crippen LogP contribution in [0.4, 0.5) is 13.2 Å². The number of halogens is 4. The molecule has 19 heavy (non-hydrogen) atoms. The zero-order chi connectivity index (χ0) is 13.8. The third-order valence-corrected chi connectivity index (χ3v) is 4.21. The van der Waals surface area contributed by atoms with Gasteiger partial charge in [-0.25, -0.2) is 13.1 Å². The number of nitrogens with zero attached hydrogens (tertiary/aromatic N) is 1. The van der Waals surface area contributed by atoms with E-state index in [1.165, 1.54) is 11.8 Å². The minimum absolute atomic E-state index is 0. The first-order valence-electron chi connectivity index (χ1n) is 5.75. The molecule has 1 aliphatic rings. The van der Waals surface area contributed by atoms with E-state index in [1.807, 2.05) is 4.72 Å². The van der Waals surface area contributed by atoms with E-state index in [0.29, 0.717) is 13.1 Å². The summed E-state index contributed by atoms with van der Waals surface area (Å²) in [4.78, 5) is 1.26. The summed E-state index contributed by atoms with van der Waals surface area (Å²) >= 11 is 0. The van der Waals surface area contributed by atoms with Gasteiger partial charge in [0.1, 0.15) is 6.04 Å². The minimum atomic E-state index is -4.44. The average molecular weight is 326 g/mol. The molecule has 0 spiro atoms. The number of hydrogen-bond acceptors (Lipinski definition) is 4. The van der Waals surface area contributed by atoms with Crippen molar-refractivity contribution in [3.63, 3.8) is 0 Å². The van der Waals surface area contributed by atoms with Crippen LogP contribution in [0.2, 0.25) is 0 Å². The van der Waals surface area contributed by atoms with Crippen LogP contribution in [-0.2, 0) is 10.0 Å². The van der Waals surface area contributed by atoms with Crippen LogP contribution in [0.3, 0.4) is 0 Å². The smallest absolute Gasteiger partial charge is 0.314 e. The van der Waals surface area contributed by atoms with Crippen molar-refractivity contribution in [1.82, 2.24) is 14.9 Å². The highest BCUT2D eigenvalue weighted by Gasteiger charge is 2.43. The molecule has 1 fully saturated rings. The number of alkyl halides is 3. The summed E-state index contributed by atoms with van der Waals surface area (Å²) < 4.78 is 63.1. The Morgan fingerprint density at radius 1 is 1.32 bits per heavy atom. The van der Waals surface area contributed by atoms with E-state index in [9.17, 15) is 21.6 Å². The molecule has 0 aromatic rings. The van der Waals surface area contributed by atoms with Gasteiger partial charge >= 0.3 is 6.18 Å². The van der Waals surface area contributed by atoms with Crippen molar-refractivity contribution >= 4 is 22.4 Å². The quantitative estimate of drug-likeness (QED) is 0.757. The molecular formula is C9H19ClF3N3O2S. The van der Waals surface area contributed by atoms with Crippen molar-refractivity contribution < 1.29 is 21.6 Å². The fourth-order valence-corrected chi connectivity index (χ4v) is 2.37. The standard InChI is InChI=1S/C9H18F3N3O2S.ClH/c1-2-18(16,17)14-7-8(9(10,11)12)15-5-3-13-4-6-15;/h8,13-14H,2-7H2,1H3;1H. The van der Waals surface area contributed by atoms with E-state index in [4.69, 9.17) is 0 Å². The molecule has 10 heteroatoms. The van der Waals surface area contributed by atoms with Gasteiger partial charge in [-0.1, -0.05) is 0 Å². The van der Waals surface area contributed by atoms with Crippen molar-refractivity contribution in [2.75, 3.05) is 38.5 Å². The third kappa shape index (κ3) is 6.26. The van der Waals surface area contributed by atoms with E-state index >= 15 is 0 Å². The Bertz CT molecular complexity index is 358. The Hall–Kier alpha value is -0.0900. The van der Waals surface area contributed by atoms with Crippen LogP contribution in [0.5, 0.6) is 0 Å². The summed E-state index contributed by atoms with van der Waals surface area (Å²) in [5.74, 6) is -0.223. The van der Waals surface area contributed by atoms with Crippen LogP contribution >= 0.6 is 12.4 Å². The summed E-state index contributed by atoms with van der Waals surface area (Å²) in [6.45, 7) is 2.24. The van der Waals surface area contributed by atoms with Gasteiger partial charge in [0.25, 0.3) is 0 Å². The topological polar surface area (TPSA) is 61.4 Å². The molecule has 0 saturated carbocycles. The molecule has 0 amide bonds. The van der Waals surface area contributed by atoms with Gasteiger partial charge in [-0.3, -0.25) is 4.90 Å². The van der Waals surface area contributed by atoms with Gasteiger partial charge in [0.2, 0.25) is 10.0 Å². The molecule has 0 aliphatic carbocycles. The Morgan fingerprint density at radius 2 is 1.84 bits per heavy atom. The van der Waals surface area contributed by atoms with Crippen molar-refractivity contribution in [2.45, 2.75) is 19.1 Å². The molecule has 0 aromatic heterocycles. The number of rotatable bonds is 5. The first-order valence-corrected chi connectivity index (χ1v) is 7.40. The Kier molecular flexibility index (Phi) is 7.59. The maximum atomic E-state index is 12.9. The molecular weight excluding hydrogens is 307 g/mol. The van der Waals surface area contributed by atoms with E-state index < -0.39 is 28.8 Å². The molecule has 1 unspecified atom stereocenters. The molecule has 1 atom stereocenters. The molecule has 0 bridgehead atoms. The number of sulfonamides is 1. The summed E-state index contributed by atoms with van der Waals surface area (Å²) in [6, 6.07) is -1.76. The lowest BCUT2D eigenvalue weighted by molar-refractivity contribution is -0.182. The van der Waals surface area contributed by atoms with Gasteiger partial charge in [0.05, 0.1) is 5.75 Å². The summed E-state index contributed by atoms with van der Waals surface area (Å²) in [6.07, 6.45) is -4.44. The molecule has 0 radical (unpaired) electrons. The molecule has 2 N–H and O–H groups in total. The Balaban J connectivity index is 0.00000324. The zero-order valence-electron chi connectivity index (χ0n) is 10.5. The average Bonchev–Trinajstić information content (AvgIpc) is 2.29. The summed E-state index contributed by atoms with van der Waals surface area (Å²) in [7, 11) is -3.61. The van der Waals surface area contributed by atoms with E-state index in [-0.39, 0.29) is 31.2 Å². The summed E-state index contributed by atoms with van der Waals surface area (Å²) in [5.41, 5.74) is 0. The third-order valence-electron chi connectivity index (χ3n) is 2.85. The monoisotopic (exact) mass is 325 g/mol. The second kappa shape index (κ2) is 7.63. The largest absolute Gasteiger partial charge is 0.405 e. The first kappa shape index (κ1) is 18.9. The maximum Gasteiger partial charge on any atom is 0.405 e. The van der Waals surface area contributed by atoms with Gasteiger partial charge in [-0.15, -0.1) is 12.4 Å². The SMILES string of the molecule is CCS(=O)(=O)NCC(N1CCNCC1)C(F)(F)F.Cl. The van der Waals surface area contributed by atoms with E-state index in [1.54, 1.807) is 0 Å². The van der Waals surface area contributed by atoms with Gasteiger partial charge < -0.3 is 5.32 Å². The lowest BCUT2D eigenvalue weighted by atomic mass is 10.2. The van der Waals surface area contributed by atoms with E-state index in [0.717, 1.165) is 0 Å². The van der Waals surface area contributed by atoms with Gasteiger partial charge in [-0.05, 0) is 6.92 Å². The highest BCUT2D eigenvalue weighted by molar-refractivity contribution is 7.89. The number of piperazine rings is 1. The lowest BCUT2D eigenvalue weighted by Crippen LogP contribution is -2.57. The molecule has 116 valence electrons. The lowest BCUT2D eigenvalue weighted by Gasteiger charge is -2.35. The van der Waals surface area contributed by atoms with Crippen LogP contribution in [-0.4, -0.2) is 64.0 Å². The van der Waals surface area contributed by atoms with Crippen LogP contribution < -0.4 is 10.0 Å². The van der Waals surface area contributed by atoms with Crippen molar-refractivity contribution in [2.24, 2.45) is 0 Å². The van der Waals surface area contributed by atoms with Crippen molar-refractivity contribution in [1.29, 1.82) is 0 Å². The fourth-order valence-electron chi connectivity index (χ4n) is 1.75. The molecule has 0 aromatic carbocycles. The van der Waals surface area contributed by atoms with Gasteiger partial charge in [-0.2, -0.15) is 13.2 Å². The zero-order valence-corrected chi connectivity index (χ0v) is 12.2. The van der Waals surface area contributed by atoms with E-state index in [2.05, 4.69) is 5.32 Å². The van der Waals surface area contributed by atoms with Crippen LogP contribution in [0.1, 0.15) is 6.92 Å². The predicted molar refractivity (Wildman–Crippen MR) is 69.0 cm³/mol. The molecule has 1 aliphatic heterocycles. The second-order valence-corrected chi connectivity index (χ2v) is 6.19. The number of nitrogens with one attached hydrogen (secondary N) is 2. The van der Waals surface area contributed by atoms with Gasteiger partial charge in [0.15, 0.2) is 0 Å². The van der Waals surface area contributed by atoms with Gasteiger partial charge in [0, 0.05) is 32.7 Å². The molecule has 1 rings (SSSR count). The Morgan fingerprint density at radius 3 is 2.26 bits per heavy atom. The highest BCUT2D eigenvalue weighted by Crippen LogP contribution is 2.24. The number of hydrogen-bond donors (Lipinski definition) is 2.